The number of rotatable bonds is 11. The zero-order valence-corrected chi connectivity index (χ0v) is 26.9. The zero-order valence-electron chi connectivity index (χ0n) is 26.9. The number of aliphatic hydroxyl groups is 1. The van der Waals surface area contributed by atoms with E-state index in [-0.39, 0.29) is 23.8 Å². The molecular formula is C35H42N6O5. The summed E-state index contributed by atoms with van der Waals surface area (Å²) in [5, 5.41) is 19.0. The van der Waals surface area contributed by atoms with Crippen molar-refractivity contribution in [1.29, 1.82) is 0 Å². The predicted octanol–water partition coefficient (Wildman–Crippen LogP) is 5.49. The van der Waals surface area contributed by atoms with E-state index < -0.39 is 11.4 Å². The molecule has 0 saturated heterocycles. The normalized spacial score (nSPS) is 17.8. The summed E-state index contributed by atoms with van der Waals surface area (Å²) >= 11 is 0. The molecule has 2 aromatic carbocycles. The second-order valence-corrected chi connectivity index (χ2v) is 12.8. The number of ether oxygens (including phenoxy) is 1. The van der Waals surface area contributed by atoms with Crippen molar-refractivity contribution < 1.29 is 14.4 Å². The van der Waals surface area contributed by atoms with Crippen molar-refractivity contribution in [3.05, 3.63) is 92.6 Å². The molecule has 0 amide bonds. The lowest BCUT2D eigenvalue weighted by molar-refractivity contribution is -0.128. The van der Waals surface area contributed by atoms with E-state index in [1.807, 2.05) is 64.5 Å². The van der Waals surface area contributed by atoms with Gasteiger partial charge in [0.25, 0.3) is 5.56 Å². The van der Waals surface area contributed by atoms with Gasteiger partial charge in [-0.2, -0.15) is 10.1 Å². The summed E-state index contributed by atoms with van der Waals surface area (Å²) in [6, 6.07) is 15.8. The maximum absolute atomic E-state index is 14.4. The molecule has 6 rings (SSSR count). The first-order chi connectivity index (χ1) is 22.2. The van der Waals surface area contributed by atoms with Crippen LogP contribution in [0.25, 0.3) is 28.3 Å². The van der Waals surface area contributed by atoms with Gasteiger partial charge in [-0.25, -0.2) is 9.31 Å². The minimum Gasteiger partial charge on any atom is -0.388 e. The Hall–Kier alpha value is -4.35. The number of nitrogens with one attached hydrogen (secondary N) is 1. The summed E-state index contributed by atoms with van der Waals surface area (Å²) in [5.74, 6) is 0.358. The monoisotopic (exact) mass is 626 g/mol. The highest BCUT2D eigenvalue weighted by Crippen LogP contribution is 2.33. The summed E-state index contributed by atoms with van der Waals surface area (Å²) < 4.78 is 14.8. The molecule has 1 unspecified atom stereocenters. The fraction of sp³-hybridized carbons (Fsp3) is 0.457. The second kappa shape index (κ2) is 13.2. The van der Waals surface area contributed by atoms with Crippen molar-refractivity contribution in [3.8, 4) is 22.5 Å². The lowest BCUT2D eigenvalue weighted by Gasteiger charge is -2.36. The number of hydrogen-bond acceptors (Lipinski definition) is 8. The number of benzene rings is 2. The van der Waals surface area contributed by atoms with Gasteiger partial charge in [-0.1, -0.05) is 74.0 Å². The van der Waals surface area contributed by atoms with Gasteiger partial charge < -0.3 is 9.84 Å². The van der Waals surface area contributed by atoms with Crippen LogP contribution >= 0.6 is 0 Å². The Bertz CT molecular complexity index is 1900. The van der Waals surface area contributed by atoms with Crippen LogP contribution < -0.4 is 11.3 Å². The van der Waals surface area contributed by atoms with Gasteiger partial charge in [-0.3, -0.25) is 18.9 Å². The van der Waals surface area contributed by atoms with Gasteiger partial charge in [-0.15, -0.1) is 0 Å². The summed E-state index contributed by atoms with van der Waals surface area (Å²) in [6.45, 7) is 7.72. The first-order valence-corrected chi connectivity index (χ1v) is 16.3. The summed E-state index contributed by atoms with van der Waals surface area (Å²) in [6.07, 6.45) is 7.31. The molecule has 0 aliphatic heterocycles. The highest BCUT2D eigenvalue weighted by Gasteiger charge is 2.33. The Balaban J connectivity index is 1.29. The molecule has 46 heavy (non-hydrogen) atoms. The fourth-order valence-corrected chi connectivity index (χ4v) is 6.81. The molecule has 1 aliphatic carbocycles. The van der Waals surface area contributed by atoms with Gasteiger partial charge in [0, 0.05) is 23.6 Å². The molecule has 0 radical (unpaired) electrons. The standard InChI is InChI=1S/C35H42N6O5/c1-5-9-29-28(20-22-12-14-23(15-13-22)26-10-7-8-11-27(26)31-38-34(43)46-39-31)32(42)40(33-36-21-37-41(29)33)24-16-18-25(19-17-24)45-30(6-2)35(3,4)44/h7-8,10-15,21,24-25,30,44H,5-6,9,16-20H2,1-4H3,(H,38,39,43). The number of H-pyrrole nitrogens is 1. The van der Waals surface area contributed by atoms with Crippen LogP contribution in [0.1, 0.15) is 89.1 Å². The van der Waals surface area contributed by atoms with Crippen LogP contribution in [0, 0.1) is 0 Å². The van der Waals surface area contributed by atoms with Crippen LogP contribution in [0.5, 0.6) is 0 Å². The van der Waals surface area contributed by atoms with Crippen LogP contribution in [-0.4, -0.2) is 52.2 Å². The number of hydrogen-bond donors (Lipinski definition) is 2. The Morgan fingerprint density at radius 2 is 1.76 bits per heavy atom. The van der Waals surface area contributed by atoms with Crippen molar-refractivity contribution >= 4 is 5.78 Å². The first-order valence-electron chi connectivity index (χ1n) is 16.3. The highest BCUT2D eigenvalue weighted by molar-refractivity contribution is 5.80. The van der Waals surface area contributed by atoms with Gasteiger partial charge in [0.2, 0.25) is 5.78 Å². The molecule has 5 aromatic rings. The van der Waals surface area contributed by atoms with E-state index in [1.54, 1.807) is 13.8 Å². The maximum atomic E-state index is 14.4. The molecule has 1 saturated carbocycles. The van der Waals surface area contributed by atoms with Crippen LogP contribution in [0.4, 0.5) is 0 Å². The van der Waals surface area contributed by atoms with Crippen molar-refractivity contribution in [3.63, 3.8) is 0 Å². The van der Waals surface area contributed by atoms with Gasteiger partial charge in [0.1, 0.15) is 6.33 Å². The van der Waals surface area contributed by atoms with Crippen LogP contribution in [0.3, 0.4) is 0 Å². The molecular weight excluding hydrogens is 584 g/mol. The molecule has 0 spiro atoms. The number of aromatic amines is 1. The van der Waals surface area contributed by atoms with E-state index in [0.29, 0.717) is 24.4 Å². The van der Waals surface area contributed by atoms with Gasteiger partial charge >= 0.3 is 5.76 Å². The van der Waals surface area contributed by atoms with E-state index in [0.717, 1.165) is 72.0 Å². The maximum Gasteiger partial charge on any atom is 0.439 e. The van der Waals surface area contributed by atoms with E-state index in [1.165, 1.54) is 6.33 Å². The third-order valence-corrected chi connectivity index (χ3v) is 9.11. The van der Waals surface area contributed by atoms with Crippen LogP contribution in [0.2, 0.25) is 0 Å². The van der Waals surface area contributed by atoms with E-state index in [2.05, 4.69) is 27.1 Å². The van der Waals surface area contributed by atoms with Gasteiger partial charge in [0.15, 0.2) is 5.82 Å². The van der Waals surface area contributed by atoms with E-state index >= 15 is 0 Å². The Kier molecular flexibility index (Phi) is 9.06. The topological polar surface area (TPSA) is 141 Å². The third-order valence-electron chi connectivity index (χ3n) is 9.11. The van der Waals surface area contributed by atoms with E-state index in [4.69, 9.17) is 9.26 Å². The van der Waals surface area contributed by atoms with Gasteiger partial charge in [-0.05, 0) is 69.1 Å². The molecule has 1 atom stereocenters. The van der Waals surface area contributed by atoms with Crippen molar-refractivity contribution in [2.24, 2.45) is 0 Å². The lowest BCUT2D eigenvalue weighted by Crippen LogP contribution is -2.41. The summed E-state index contributed by atoms with van der Waals surface area (Å²) in [5.41, 5.74) is 4.34. The van der Waals surface area contributed by atoms with Crippen LogP contribution in [-0.2, 0) is 17.6 Å². The third kappa shape index (κ3) is 6.34. The molecule has 0 bridgehead atoms. The number of fused-ring (bicyclic) bond motifs is 1. The van der Waals surface area contributed by atoms with Crippen molar-refractivity contribution in [2.75, 3.05) is 0 Å². The largest absolute Gasteiger partial charge is 0.439 e. The smallest absolute Gasteiger partial charge is 0.388 e. The van der Waals surface area contributed by atoms with Gasteiger partial charge in [0.05, 0.1) is 23.5 Å². The highest BCUT2D eigenvalue weighted by atomic mass is 16.5. The molecule has 11 nitrogen and oxygen atoms in total. The Morgan fingerprint density at radius 1 is 1.04 bits per heavy atom. The molecule has 3 heterocycles. The minimum absolute atomic E-state index is 0.0133. The molecule has 11 heteroatoms. The number of aromatic nitrogens is 6. The quantitative estimate of drug-likeness (QED) is 0.196. The fourth-order valence-electron chi connectivity index (χ4n) is 6.81. The average Bonchev–Trinajstić information content (AvgIpc) is 3.71. The van der Waals surface area contributed by atoms with E-state index in [9.17, 15) is 14.7 Å². The predicted molar refractivity (Wildman–Crippen MR) is 175 cm³/mol. The zero-order chi connectivity index (χ0) is 32.4. The lowest BCUT2D eigenvalue weighted by atomic mass is 9.91. The SMILES string of the molecule is CCCc1c(Cc2ccc(-c3ccccc3-c3noc(=O)[nH]3)cc2)c(=O)n(C2CCC(OC(CC)C(C)(C)O)CC2)c2ncnn12. The number of aryl methyl sites for hydroxylation is 1. The second-order valence-electron chi connectivity index (χ2n) is 12.8. The summed E-state index contributed by atoms with van der Waals surface area (Å²) in [7, 11) is 0. The van der Waals surface area contributed by atoms with Crippen molar-refractivity contribution in [1.82, 2.24) is 29.3 Å². The Labute approximate surface area is 267 Å². The molecule has 1 aliphatic rings. The summed E-state index contributed by atoms with van der Waals surface area (Å²) in [4.78, 5) is 33.2. The molecule has 242 valence electrons. The molecule has 3 aromatic heterocycles. The first kappa shape index (κ1) is 31.6. The van der Waals surface area contributed by atoms with Crippen molar-refractivity contribution in [2.45, 2.75) is 103 Å². The molecule has 1 fully saturated rings. The minimum atomic E-state index is -0.904. The average molecular weight is 627 g/mol. The number of nitrogens with zero attached hydrogens (tertiary/aromatic N) is 5. The van der Waals surface area contributed by atoms with Crippen LogP contribution in [0.15, 0.2) is 69.0 Å². The Morgan fingerprint density at radius 3 is 2.39 bits per heavy atom. The molecule has 2 N–H and O–H groups in total.